The Balaban J connectivity index is 1.32. The topological polar surface area (TPSA) is 71.2 Å². The Hall–Kier alpha value is -3.82. The Bertz CT molecular complexity index is 1310. The molecular weight excluding hydrogens is 461 g/mol. The maximum Gasteiger partial charge on any atom is 0.416 e. The number of hydrogen-bond acceptors (Lipinski definition) is 5. The van der Waals surface area contributed by atoms with E-state index in [-0.39, 0.29) is 12.5 Å². The number of ether oxygens (including phenoxy) is 2. The number of carbonyl (C=O) groups is 1. The largest absolute Gasteiger partial charge is 0.494 e. The van der Waals surface area contributed by atoms with Crippen molar-refractivity contribution < 1.29 is 27.4 Å². The molecule has 4 aromatic rings. The van der Waals surface area contributed by atoms with E-state index in [0.717, 1.165) is 34.5 Å². The summed E-state index contributed by atoms with van der Waals surface area (Å²) in [6, 6.07) is 12.3. The van der Waals surface area contributed by atoms with Gasteiger partial charge >= 0.3 is 12.1 Å². The number of benzene rings is 2. The Labute approximate surface area is 200 Å². The van der Waals surface area contributed by atoms with Crippen LogP contribution in [0.5, 0.6) is 5.75 Å². The van der Waals surface area contributed by atoms with Crippen LogP contribution in [-0.4, -0.2) is 38.7 Å². The summed E-state index contributed by atoms with van der Waals surface area (Å²) >= 11 is 0. The fourth-order valence-electron chi connectivity index (χ4n) is 3.72. The van der Waals surface area contributed by atoms with Crippen LogP contribution in [0.1, 0.15) is 30.3 Å². The Morgan fingerprint density at radius 3 is 2.54 bits per heavy atom. The molecule has 184 valence electrons. The molecule has 0 amide bonds. The average molecular weight is 486 g/mol. The molecule has 0 radical (unpaired) electrons. The molecule has 2 aromatic heterocycles. The van der Waals surface area contributed by atoms with Gasteiger partial charge in [0.05, 0.1) is 35.9 Å². The van der Waals surface area contributed by atoms with Crippen molar-refractivity contribution in [3.05, 3.63) is 71.7 Å². The molecule has 0 saturated carbocycles. The molecule has 7 nitrogen and oxygen atoms in total. The number of rotatable bonds is 9. The van der Waals surface area contributed by atoms with E-state index >= 15 is 0 Å². The van der Waals surface area contributed by atoms with Crippen molar-refractivity contribution in [2.24, 2.45) is 0 Å². The van der Waals surface area contributed by atoms with Crippen LogP contribution < -0.4 is 4.74 Å². The van der Waals surface area contributed by atoms with Crippen LogP contribution in [0.4, 0.5) is 13.2 Å². The number of alkyl halides is 3. The molecule has 0 bridgehead atoms. The van der Waals surface area contributed by atoms with Gasteiger partial charge in [-0.1, -0.05) is 0 Å². The SMILES string of the molecule is CCOC(=O)Cn1ccc2cc(OCCCc3nn(-c4ccc(C(F)(F)F)cc4)nc3C)ccc21. The summed E-state index contributed by atoms with van der Waals surface area (Å²) < 4.78 is 51.0. The van der Waals surface area contributed by atoms with Crippen molar-refractivity contribution in [3.63, 3.8) is 0 Å². The van der Waals surface area contributed by atoms with Gasteiger partial charge in [0.15, 0.2) is 0 Å². The van der Waals surface area contributed by atoms with Gasteiger partial charge in [-0.2, -0.15) is 28.2 Å². The lowest BCUT2D eigenvalue weighted by Crippen LogP contribution is -2.12. The monoisotopic (exact) mass is 486 g/mol. The quantitative estimate of drug-likeness (QED) is 0.243. The van der Waals surface area contributed by atoms with E-state index < -0.39 is 11.7 Å². The Kier molecular flexibility index (Phi) is 7.09. The maximum atomic E-state index is 12.8. The number of halogens is 3. The highest BCUT2D eigenvalue weighted by Gasteiger charge is 2.30. The van der Waals surface area contributed by atoms with E-state index in [2.05, 4.69) is 10.2 Å². The third-order valence-corrected chi connectivity index (χ3v) is 5.48. The Morgan fingerprint density at radius 2 is 1.83 bits per heavy atom. The summed E-state index contributed by atoms with van der Waals surface area (Å²) in [7, 11) is 0. The number of hydrogen-bond donors (Lipinski definition) is 0. The minimum atomic E-state index is -4.38. The molecule has 4 rings (SSSR count). The highest BCUT2D eigenvalue weighted by Crippen LogP contribution is 2.29. The third kappa shape index (κ3) is 5.82. The highest BCUT2D eigenvalue weighted by atomic mass is 19.4. The predicted octanol–water partition coefficient (Wildman–Crippen LogP) is 5.12. The smallest absolute Gasteiger partial charge is 0.416 e. The van der Waals surface area contributed by atoms with Gasteiger partial charge in [0.25, 0.3) is 0 Å². The zero-order valence-electron chi connectivity index (χ0n) is 19.4. The van der Waals surface area contributed by atoms with E-state index in [1.54, 1.807) is 6.92 Å². The first-order valence-corrected chi connectivity index (χ1v) is 11.2. The van der Waals surface area contributed by atoms with Crippen LogP contribution in [-0.2, 0) is 28.7 Å². The predicted molar refractivity (Wildman–Crippen MR) is 123 cm³/mol. The zero-order valence-corrected chi connectivity index (χ0v) is 19.4. The molecule has 0 saturated heterocycles. The van der Waals surface area contributed by atoms with Crippen LogP contribution in [0.3, 0.4) is 0 Å². The van der Waals surface area contributed by atoms with Crippen molar-refractivity contribution in [2.75, 3.05) is 13.2 Å². The normalized spacial score (nSPS) is 11.7. The second-order valence-electron chi connectivity index (χ2n) is 7.99. The molecule has 0 fully saturated rings. The van der Waals surface area contributed by atoms with Gasteiger partial charge < -0.3 is 14.0 Å². The van der Waals surface area contributed by atoms with Crippen LogP contribution >= 0.6 is 0 Å². The maximum absolute atomic E-state index is 12.8. The third-order valence-electron chi connectivity index (χ3n) is 5.48. The van der Waals surface area contributed by atoms with E-state index in [9.17, 15) is 18.0 Å². The van der Waals surface area contributed by atoms with Gasteiger partial charge in [-0.15, -0.1) is 0 Å². The summed E-state index contributed by atoms with van der Waals surface area (Å²) in [6.07, 6.45) is -1.23. The molecule has 35 heavy (non-hydrogen) atoms. The summed E-state index contributed by atoms with van der Waals surface area (Å²) in [5.74, 6) is 0.437. The van der Waals surface area contributed by atoms with Crippen LogP contribution in [0.15, 0.2) is 54.7 Å². The number of nitrogens with zero attached hydrogens (tertiary/aromatic N) is 4. The minimum absolute atomic E-state index is 0.157. The number of aromatic nitrogens is 4. The van der Waals surface area contributed by atoms with Crippen molar-refractivity contribution >= 4 is 16.9 Å². The van der Waals surface area contributed by atoms with Crippen molar-refractivity contribution in [1.29, 1.82) is 0 Å². The van der Waals surface area contributed by atoms with Gasteiger partial charge in [-0.05, 0) is 75.2 Å². The average Bonchev–Trinajstić information content (AvgIpc) is 3.39. The number of esters is 1. The standard InChI is InChI=1S/C25H25F3N4O3/c1-3-34-24(33)16-31-13-12-18-15-21(10-11-23(18)31)35-14-4-5-22-17(2)29-32(30-22)20-8-6-19(7-9-20)25(26,27)28/h6-13,15H,3-5,14,16H2,1-2H3. The van der Waals surface area contributed by atoms with Crippen LogP contribution in [0.25, 0.3) is 16.6 Å². The van der Waals surface area contributed by atoms with Gasteiger partial charge in [-0.3, -0.25) is 4.79 Å². The minimum Gasteiger partial charge on any atom is -0.494 e. The fraction of sp³-hybridized carbons (Fsp3) is 0.320. The van der Waals surface area contributed by atoms with E-state index in [0.29, 0.717) is 37.4 Å². The lowest BCUT2D eigenvalue weighted by atomic mass is 10.2. The lowest BCUT2D eigenvalue weighted by Gasteiger charge is -2.08. The summed E-state index contributed by atoms with van der Waals surface area (Å²) in [5.41, 5.74) is 2.15. The molecular formula is C25H25F3N4O3. The molecule has 0 unspecified atom stereocenters. The summed E-state index contributed by atoms with van der Waals surface area (Å²) in [5, 5.41) is 9.71. The van der Waals surface area contributed by atoms with Gasteiger partial charge in [0, 0.05) is 17.1 Å². The van der Waals surface area contributed by atoms with Gasteiger partial charge in [-0.25, -0.2) is 0 Å². The molecule has 0 aliphatic carbocycles. The number of fused-ring (bicyclic) bond motifs is 1. The first kappa shape index (κ1) is 24.3. The Morgan fingerprint density at radius 1 is 1.06 bits per heavy atom. The second kappa shape index (κ2) is 10.2. The van der Waals surface area contributed by atoms with E-state index in [1.807, 2.05) is 42.0 Å². The fourth-order valence-corrected chi connectivity index (χ4v) is 3.72. The van der Waals surface area contributed by atoms with E-state index in [4.69, 9.17) is 9.47 Å². The second-order valence-corrected chi connectivity index (χ2v) is 7.99. The molecule has 0 atom stereocenters. The van der Waals surface area contributed by atoms with Crippen LogP contribution in [0.2, 0.25) is 0 Å². The summed E-state index contributed by atoms with van der Waals surface area (Å²) in [6.45, 7) is 4.56. The highest BCUT2D eigenvalue weighted by molar-refractivity contribution is 5.83. The molecule has 0 aliphatic rings. The first-order valence-electron chi connectivity index (χ1n) is 11.2. The van der Waals surface area contributed by atoms with Crippen molar-refractivity contribution in [1.82, 2.24) is 19.6 Å². The van der Waals surface area contributed by atoms with Crippen LogP contribution in [0, 0.1) is 6.92 Å². The molecule has 0 aliphatic heterocycles. The van der Waals surface area contributed by atoms with Gasteiger partial charge in [0.1, 0.15) is 12.3 Å². The lowest BCUT2D eigenvalue weighted by molar-refractivity contribution is -0.143. The van der Waals surface area contributed by atoms with Gasteiger partial charge in [0.2, 0.25) is 0 Å². The molecule has 2 heterocycles. The van der Waals surface area contributed by atoms with Crippen molar-refractivity contribution in [2.45, 2.75) is 39.4 Å². The zero-order chi connectivity index (χ0) is 25.0. The number of carbonyl (C=O) groups excluding carboxylic acids is 1. The van der Waals surface area contributed by atoms with Crippen molar-refractivity contribution in [3.8, 4) is 11.4 Å². The first-order chi connectivity index (χ1) is 16.7. The molecule has 2 aromatic carbocycles. The molecule has 0 N–H and O–H groups in total. The van der Waals surface area contributed by atoms with E-state index in [1.165, 1.54) is 16.9 Å². The number of aryl methyl sites for hydroxylation is 2. The molecule has 0 spiro atoms. The summed E-state index contributed by atoms with van der Waals surface area (Å²) in [4.78, 5) is 13.1. The molecule has 10 heteroatoms.